The number of tetrazole rings is 1. The smallest absolute Gasteiger partial charge is 0.269 e. The van der Waals surface area contributed by atoms with Gasteiger partial charge >= 0.3 is 0 Å². The highest BCUT2D eigenvalue weighted by Gasteiger charge is 2.09. The van der Waals surface area contributed by atoms with E-state index in [9.17, 15) is 10.1 Å². The maximum atomic E-state index is 10.6. The lowest BCUT2D eigenvalue weighted by molar-refractivity contribution is -0.384. The predicted molar refractivity (Wildman–Crippen MR) is 72.0 cm³/mol. The van der Waals surface area contributed by atoms with E-state index >= 15 is 0 Å². The van der Waals surface area contributed by atoms with Crippen molar-refractivity contribution in [1.29, 1.82) is 0 Å². The number of rotatable bonds is 6. The fraction of sp³-hybridized carbons (Fsp3) is 0.417. The summed E-state index contributed by atoms with van der Waals surface area (Å²) in [5, 5.41) is 25.4. The van der Waals surface area contributed by atoms with Gasteiger partial charge < -0.3 is 5.32 Å². The monoisotopic (exact) mass is 276 g/mol. The highest BCUT2D eigenvalue weighted by atomic mass is 16.6. The van der Waals surface area contributed by atoms with E-state index in [1.54, 1.807) is 16.8 Å². The molecule has 0 aliphatic carbocycles. The summed E-state index contributed by atoms with van der Waals surface area (Å²) in [5.74, 6) is 0.733. The van der Waals surface area contributed by atoms with Crippen LogP contribution in [0.4, 0.5) is 5.69 Å². The summed E-state index contributed by atoms with van der Waals surface area (Å²) in [6.07, 6.45) is 0. The number of hydrogen-bond donors (Lipinski definition) is 1. The van der Waals surface area contributed by atoms with Gasteiger partial charge in [-0.15, -0.1) is 5.10 Å². The van der Waals surface area contributed by atoms with Gasteiger partial charge in [0, 0.05) is 18.2 Å². The largest absolute Gasteiger partial charge is 0.308 e. The zero-order valence-electron chi connectivity index (χ0n) is 11.4. The number of nitrogens with zero attached hydrogens (tertiary/aromatic N) is 5. The summed E-state index contributed by atoms with van der Waals surface area (Å²) in [7, 11) is 0. The maximum absolute atomic E-state index is 10.6. The number of nitro groups is 1. The number of aromatic nitrogens is 4. The van der Waals surface area contributed by atoms with Gasteiger partial charge in [0.15, 0.2) is 5.82 Å². The summed E-state index contributed by atoms with van der Waals surface area (Å²) >= 11 is 0. The third-order valence-electron chi connectivity index (χ3n) is 2.75. The van der Waals surface area contributed by atoms with Gasteiger partial charge in [0.1, 0.15) is 0 Å². The van der Waals surface area contributed by atoms with Gasteiger partial charge in [-0.25, -0.2) is 4.68 Å². The standard InChI is InChI=1S/C12H16N6O2/c1-9(2)13-7-12-14-15-16-17(12)8-10-3-5-11(6-4-10)18(19)20/h3-6,9,13H,7-8H2,1-2H3. The van der Waals surface area contributed by atoms with E-state index in [-0.39, 0.29) is 5.69 Å². The molecule has 1 aromatic heterocycles. The molecular formula is C12H16N6O2. The Morgan fingerprint density at radius 2 is 2.05 bits per heavy atom. The molecule has 2 aromatic rings. The minimum absolute atomic E-state index is 0.0761. The molecule has 0 atom stereocenters. The first-order valence-electron chi connectivity index (χ1n) is 6.28. The molecule has 1 heterocycles. The molecule has 20 heavy (non-hydrogen) atoms. The van der Waals surface area contributed by atoms with Crippen LogP contribution in [-0.2, 0) is 13.1 Å². The van der Waals surface area contributed by atoms with Gasteiger partial charge in [-0.05, 0) is 16.0 Å². The Labute approximate surface area is 115 Å². The van der Waals surface area contributed by atoms with Crippen LogP contribution < -0.4 is 5.32 Å². The van der Waals surface area contributed by atoms with Crippen LogP contribution in [0.3, 0.4) is 0 Å². The molecule has 1 aromatic carbocycles. The number of non-ortho nitro benzene ring substituents is 1. The molecule has 0 bridgehead atoms. The molecule has 0 saturated carbocycles. The highest BCUT2D eigenvalue weighted by molar-refractivity contribution is 5.32. The third-order valence-corrected chi connectivity index (χ3v) is 2.75. The van der Waals surface area contributed by atoms with Crippen LogP contribution in [0.2, 0.25) is 0 Å². The number of benzene rings is 1. The SMILES string of the molecule is CC(C)NCc1nnnn1Cc1ccc([N+](=O)[O-])cc1. The lowest BCUT2D eigenvalue weighted by atomic mass is 10.2. The Hall–Kier alpha value is -2.35. The van der Waals surface area contributed by atoms with Crippen LogP contribution in [0, 0.1) is 10.1 Å². The quantitative estimate of drug-likeness (QED) is 0.627. The molecule has 106 valence electrons. The average Bonchev–Trinajstić information content (AvgIpc) is 2.84. The first kappa shape index (κ1) is 14.1. The van der Waals surface area contributed by atoms with Crippen LogP contribution in [0.15, 0.2) is 24.3 Å². The molecular weight excluding hydrogens is 260 g/mol. The van der Waals surface area contributed by atoms with Crippen molar-refractivity contribution < 1.29 is 4.92 Å². The fourth-order valence-corrected chi connectivity index (χ4v) is 1.66. The summed E-state index contributed by atoms with van der Waals surface area (Å²) < 4.78 is 1.68. The van der Waals surface area contributed by atoms with E-state index in [1.807, 2.05) is 13.8 Å². The van der Waals surface area contributed by atoms with Crippen LogP contribution >= 0.6 is 0 Å². The summed E-state index contributed by atoms with van der Waals surface area (Å²) in [6, 6.07) is 6.72. The number of nitro benzene ring substituents is 1. The summed E-state index contributed by atoms with van der Waals surface area (Å²) in [6.45, 7) is 5.16. The van der Waals surface area contributed by atoms with Crippen LogP contribution in [-0.4, -0.2) is 31.2 Å². The molecule has 0 amide bonds. The molecule has 0 aliphatic heterocycles. The zero-order valence-corrected chi connectivity index (χ0v) is 11.4. The second kappa shape index (κ2) is 6.20. The van der Waals surface area contributed by atoms with Crippen molar-refractivity contribution in [1.82, 2.24) is 25.5 Å². The molecule has 0 spiro atoms. The maximum Gasteiger partial charge on any atom is 0.269 e. The molecule has 0 radical (unpaired) electrons. The van der Waals surface area contributed by atoms with Crippen LogP contribution in [0.5, 0.6) is 0 Å². The first-order chi connectivity index (χ1) is 9.56. The second-order valence-electron chi connectivity index (χ2n) is 4.71. The number of hydrogen-bond acceptors (Lipinski definition) is 6. The van der Waals surface area contributed by atoms with Crippen molar-refractivity contribution in [2.75, 3.05) is 0 Å². The molecule has 1 N–H and O–H groups in total. The minimum Gasteiger partial charge on any atom is -0.308 e. The molecule has 8 heteroatoms. The van der Waals surface area contributed by atoms with Crippen molar-refractivity contribution in [3.63, 3.8) is 0 Å². The Morgan fingerprint density at radius 1 is 1.35 bits per heavy atom. The van der Waals surface area contributed by atoms with Gasteiger partial charge in [0.2, 0.25) is 0 Å². The van der Waals surface area contributed by atoms with Gasteiger partial charge in [-0.1, -0.05) is 26.0 Å². The Morgan fingerprint density at radius 3 is 2.65 bits per heavy atom. The molecule has 2 rings (SSSR count). The van der Waals surface area contributed by atoms with Gasteiger partial charge in [-0.3, -0.25) is 10.1 Å². The van der Waals surface area contributed by atoms with Crippen molar-refractivity contribution >= 4 is 5.69 Å². The van der Waals surface area contributed by atoms with E-state index in [0.717, 1.165) is 11.4 Å². The van der Waals surface area contributed by atoms with E-state index in [0.29, 0.717) is 19.1 Å². The van der Waals surface area contributed by atoms with Crippen LogP contribution in [0.1, 0.15) is 25.2 Å². The molecule has 0 aliphatic rings. The van der Waals surface area contributed by atoms with Crippen molar-refractivity contribution in [2.24, 2.45) is 0 Å². The number of nitrogens with one attached hydrogen (secondary N) is 1. The van der Waals surface area contributed by atoms with Crippen molar-refractivity contribution in [2.45, 2.75) is 33.0 Å². The van der Waals surface area contributed by atoms with Gasteiger partial charge in [-0.2, -0.15) is 0 Å². The Kier molecular flexibility index (Phi) is 4.36. The Balaban J connectivity index is 2.06. The van der Waals surface area contributed by atoms with Crippen molar-refractivity contribution in [3.05, 3.63) is 45.8 Å². The van der Waals surface area contributed by atoms with E-state index in [2.05, 4.69) is 20.8 Å². The van der Waals surface area contributed by atoms with Crippen LogP contribution in [0.25, 0.3) is 0 Å². The average molecular weight is 276 g/mol. The first-order valence-corrected chi connectivity index (χ1v) is 6.28. The van der Waals surface area contributed by atoms with Gasteiger partial charge in [0.05, 0.1) is 18.0 Å². The zero-order chi connectivity index (χ0) is 14.5. The molecule has 0 unspecified atom stereocenters. The molecule has 8 nitrogen and oxygen atoms in total. The topological polar surface area (TPSA) is 98.8 Å². The lowest BCUT2D eigenvalue weighted by Crippen LogP contribution is -2.24. The lowest BCUT2D eigenvalue weighted by Gasteiger charge is -2.08. The Bertz CT molecular complexity index is 578. The van der Waals surface area contributed by atoms with E-state index in [1.165, 1.54) is 12.1 Å². The fourth-order valence-electron chi connectivity index (χ4n) is 1.66. The normalized spacial score (nSPS) is 10.9. The molecule has 0 fully saturated rings. The molecule has 0 saturated heterocycles. The third kappa shape index (κ3) is 3.58. The minimum atomic E-state index is -0.418. The summed E-state index contributed by atoms with van der Waals surface area (Å²) in [4.78, 5) is 10.2. The second-order valence-corrected chi connectivity index (χ2v) is 4.71. The van der Waals surface area contributed by atoms with E-state index < -0.39 is 4.92 Å². The van der Waals surface area contributed by atoms with Crippen molar-refractivity contribution in [3.8, 4) is 0 Å². The highest BCUT2D eigenvalue weighted by Crippen LogP contribution is 2.12. The summed E-state index contributed by atoms with van der Waals surface area (Å²) in [5.41, 5.74) is 0.987. The van der Waals surface area contributed by atoms with Gasteiger partial charge in [0.25, 0.3) is 5.69 Å². The predicted octanol–water partition coefficient (Wildman–Crippen LogP) is 1.13. The van der Waals surface area contributed by atoms with E-state index in [4.69, 9.17) is 0 Å².